The highest BCUT2D eigenvalue weighted by atomic mass is 35.5. The summed E-state index contributed by atoms with van der Waals surface area (Å²) in [7, 11) is -3.79. The highest BCUT2D eigenvalue weighted by Crippen LogP contribution is 2.38. The monoisotopic (exact) mass is 516 g/mol. The van der Waals surface area contributed by atoms with Crippen molar-refractivity contribution < 1.29 is 8.85 Å². The molecule has 0 N–H and O–H groups in total. The van der Waals surface area contributed by atoms with Gasteiger partial charge in [0.2, 0.25) is 5.28 Å². The predicted molar refractivity (Wildman–Crippen MR) is 140 cm³/mol. The summed E-state index contributed by atoms with van der Waals surface area (Å²) in [6.07, 6.45) is 3.85. The molecule has 0 fully saturated rings. The van der Waals surface area contributed by atoms with E-state index in [1.54, 1.807) is 6.33 Å². The molecule has 6 nitrogen and oxygen atoms in total. The van der Waals surface area contributed by atoms with Crippen LogP contribution in [0.3, 0.4) is 0 Å². The van der Waals surface area contributed by atoms with Crippen molar-refractivity contribution in [2.45, 2.75) is 84.4 Å². The molecule has 2 aromatic rings. The Balaban J connectivity index is 2.28. The molecule has 0 aliphatic rings. The molecule has 0 aromatic carbocycles. The minimum Gasteiger partial charge on any atom is -0.413 e. The van der Waals surface area contributed by atoms with Gasteiger partial charge >= 0.3 is 0 Å². The first-order valence-electron chi connectivity index (χ1n) is 10.9. The van der Waals surface area contributed by atoms with Gasteiger partial charge in [-0.05, 0) is 53.4 Å². The third-order valence-corrected chi connectivity index (χ3v) is 16.2. The Morgan fingerprint density at radius 3 is 1.91 bits per heavy atom. The second kappa shape index (κ2) is 9.84. The molecule has 0 spiro atoms. The second-order valence-corrected chi connectivity index (χ2v) is 21.6. The van der Waals surface area contributed by atoms with Crippen molar-refractivity contribution in [3.05, 3.63) is 28.4 Å². The van der Waals surface area contributed by atoms with E-state index in [1.807, 2.05) is 4.57 Å². The van der Waals surface area contributed by atoms with Crippen LogP contribution in [0.25, 0.3) is 11.2 Å². The van der Waals surface area contributed by atoms with Crippen LogP contribution in [0.1, 0.15) is 41.5 Å². The van der Waals surface area contributed by atoms with Gasteiger partial charge in [0, 0.05) is 6.54 Å². The SMILES string of the molecule is CC(C)(C)[Si](C)(C)OCC(=CCn1cnc2c(Cl)nc(Cl)nc21)CO[Si](C)(C)C(C)(C)C. The van der Waals surface area contributed by atoms with E-state index in [9.17, 15) is 0 Å². The molecule has 0 amide bonds. The number of hydrogen-bond acceptors (Lipinski definition) is 5. The Hall–Kier alpha value is -0.776. The third kappa shape index (κ3) is 6.64. The molecule has 2 heterocycles. The van der Waals surface area contributed by atoms with Gasteiger partial charge < -0.3 is 13.4 Å². The highest BCUT2D eigenvalue weighted by molar-refractivity contribution is 6.74. The highest BCUT2D eigenvalue weighted by Gasteiger charge is 2.39. The average molecular weight is 518 g/mol. The fourth-order valence-electron chi connectivity index (χ4n) is 2.38. The minimum absolute atomic E-state index is 0.107. The van der Waals surface area contributed by atoms with E-state index in [0.717, 1.165) is 5.57 Å². The molecule has 0 atom stereocenters. The average Bonchev–Trinajstić information content (AvgIpc) is 3.02. The lowest BCUT2D eigenvalue weighted by Gasteiger charge is -2.38. The van der Waals surface area contributed by atoms with Crippen molar-refractivity contribution in [1.29, 1.82) is 0 Å². The predicted octanol–water partition coefficient (Wildman–Crippen LogP) is 7.10. The molecule has 0 unspecified atom stereocenters. The van der Waals surface area contributed by atoms with E-state index >= 15 is 0 Å². The molecular weight excluding hydrogens is 479 g/mol. The Bertz CT molecular complexity index is 945. The van der Waals surface area contributed by atoms with Gasteiger partial charge in [0.05, 0.1) is 19.5 Å². The van der Waals surface area contributed by atoms with Crippen LogP contribution in [0.4, 0.5) is 0 Å². The molecule has 2 aromatic heterocycles. The fourth-order valence-corrected chi connectivity index (χ4v) is 4.76. The van der Waals surface area contributed by atoms with E-state index in [1.165, 1.54) is 0 Å². The number of allylic oxidation sites excluding steroid dienone is 1. The molecule has 32 heavy (non-hydrogen) atoms. The molecule has 0 bridgehead atoms. The van der Waals surface area contributed by atoms with Crippen molar-refractivity contribution in [2.75, 3.05) is 13.2 Å². The van der Waals surface area contributed by atoms with Crippen molar-refractivity contribution in [1.82, 2.24) is 19.5 Å². The number of halogens is 2. The van der Waals surface area contributed by atoms with E-state index in [4.69, 9.17) is 32.1 Å². The van der Waals surface area contributed by atoms with Crippen LogP contribution in [0, 0.1) is 0 Å². The zero-order valence-electron chi connectivity index (χ0n) is 21.1. The number of nitrogens with zero attached hydrogens (tertiary/aromatic N) is 4. The van der Waals surface area contributed by atoms with Crippen molar-refractivity contribution in [2.24, 2.45) is 0 Å². The topological polar surface area (TPSA) is 62.1 Å². The van der Waals surface area contributed by atoms with Gasteiger partial charge in [-0.25, -0.2) is 9.97 Å². The maximum Gasteiger partial charge on any atom is 0.225 e. The van der Waals surface area contributed by atoms with Crippen LogP contribution in [0.5, 0.6) is 0 Å². The maximum atomic E-state index is 6.52. The van der Waals surface area contributed by atoms with Crippen molar-refractivity contribution in [3.63, 3.8) is 0 Å². The summed E-state index contributed by atoms with van der Waals surface area (Å²) in [6, 6.07) is 0. The van der Waals surface area contributed by atoms with Gasteiger partial charge in [-0.15, -0.1) is 0 Å². The lowest BCUT2D eigenvalue weighted by molar-refractivity contribution is 0.271. The summed E-state index contributed by atoms with van der Waals surface area (Å²) in [4.78, 5) is 12.6. The normalized spacial score (nSPS) is 13.6. The summed E-state index contributed by atoms with van der Waals surface area (Å²) < 4.78 is 14.9. The quantitative estimate of drug-likeness (QED) is 0.162. The summed E-state index contributed by atoms with van der Waals surface area (Å²) in [6.45, 7) is 24.2. The van der Waals surface area contributed by atoms with Gasteiger partial charge in [0.25, 0.3) is 0 Å². The standard InChI is InChI=1S/C22H38Cl2N4O2Si2/c1-21(2,3)31(7,8)29-13-16(14-30-32(9,10)22(4,5)6)11-12-28-15-25-17-18(23)26-20(24)27-19(17)28/h11,15H,12-14H2,1-10H3. The van der Waals surface area contributed by atoms with E-state index in [0.29, 0.717) is 30.9 Å². The maximum absolute atomic E-state index is 6.52. The summed E-state index contributed by atoms with van der Waals surface area (Å²) in [5.74, 6) is 0. The van der Waals surface area contributed by atoms with Crippen LogP contribution in [0.15, 0.2) is 18.0 Å². The summed E-state index contributed by atoms with van der Waals surface area (Å²) >= 11 is 12.2. The second-order valence-electron chi connectivity index (χ2n) is 11.3. The fraction of sp³-hybridized carbons (Fsp3) is 0.682. The van der Waals surface area contributed by atoms with Crippen LogP contribution in [0.2, 0.25) is 46.7 Å². The Labute approximate surface area is 205 Å². The molecule has 0 aliphatic carbocycles. The van der Waals surface area contributed by atoms with E-state index in [2.05, 4.69) is 88.8 Å². The molecule has 2 rings (SSSR count). The number of hydrogen-bond donors (Lipinski definition) is 0. The lowest BCUT2D eigenvalue weighted by Crippen LogP contribution is -2.43. The van der Waals surface area contributed by atoms with Gasteiger partial charge in [0.15, 0.2) is 27.4 Å². The zero-order valence-corrected chi connectivity index (χ0v) is 24.6. The number of aromatic nitrogens is 4. The smallest absolute Gasteiger partial charge is 0.225 e. The first-order chi connectivity index (χ1) is 14.4. The molecule has 0 saturated heterocycles. The summed E-state index contributed by atoms with van der Waals surface area (Å²) in [5.41, 5.74) is 2.27. The zero-order chi connectivity index (χ0) is 24.5. The Morgan fingerprint density at radius 2 is 1.44 bits per heavy atom. The lowest BCUT2D eigenvalue weighted by atomic mass is 10.2. The Kier molecular flexibility index (Phi) is 8.44. The molecule has 0 aliphatic heterocycles. The Morgan fingerprint density at radius 1 is 0.938 bits per heavy atom. The van der Waals surface area contributed by atoms with Crippen LogP contribution >= 0.6 is 23.2 Å². The molecule has 10 heteroatoms. The molecule has 180 valence electrons. The molecule has 0 saturated carbocycles. The largest absolute Gasteiger partial charge is 0.413 e. The first kappa shape index (κ1) is 27.5. The molecule has 0 radical (unpaired) electrons. The van der Waals surface area contributed by atoms with Crippen LogP contribution < -0.4 is 0 Å². The van der Waals surface area contributed by atoms with E-state index in [-0.39, 0.29) is 20.5 Å². The van der Waals surface area contributed by atoms with Crippen molar-refractivity contribution >= 4 is 51.0 Å². The van der Waals surface area contributed by atoms with Gasteiger partial charge in [-0.1, -0.05) is 59.2 Å². The third-order valence-electron chi connectivity index (χ3n) is 6.82. The number of imidazole rings is 1. The van der Waals surface area contributed by atoms with Crippen LogP contribution in [-0.2, 0) is 15.4 Å². The van der Waals surface area contributed by atoms with Crippen molar-refractivity contribution in [3.8, 4) is 0 Å². The number of rotatable bonds is 8. The van der Waals surface area contributed by atoms with Gasteiger partial charge in [-0.3, -0.25) is 0 Å². The van der Waals surface area contributed by atoms with Gasteiger partial charge in [0.1, 0.15) is 5.52 Å². The van der Waals surface area contributed by atoms with E-state index < -0.39 is 16.6 Å². The molecular formula is C22H38Cl2N4O2Si2. The number of fused-ring (bicyclic) bond motifs is 1. The van der Waals surface area contributed by atoms with Gasteiger partial charge in [-0.2, -0.15) is 4.98 Å². The summed E-state index contributed by atoms with van der Waals surface area (Å²) in [5, 5.41) is 0.647. The minimum atomic E-state index is -1.89. The first-order valence-corrected chi connectivity index (χ1v) is 17.5. The van der Waals surface area contributed by atoms with Crippen LogP contribution in [-0.4, -0.2) is 49.4 Å².